The lowest BCUT2D eigenvalue weighted by Gasteiger charge is -2.16. The normalized spacial score (nSPS) is 17.7. The molecule has 0 bridgehead atoms. The zero-order chi connectivity index (χ0) is 13.1. The molecule has 0 aromatic carbocycles. The van der Waals surface area contributed by atoms with Crippen molar-refractivity contribution in [3.63, 3.8) is 0 Å². The second-order valence-electron chi connectivity index (χ2n) is 5.00. The molecule has 1 aliphatic carbocycles. The van der Waals surface area contributed by atoms with Crippen molar-refractivity contribution in [1.29, 1.82) is 0 Å². The lowest BCUT2D eigenvalue weighted by molar-refractivity contribution is 0.341. The number of aromatic nitrogens is 4. The zero-order valence-electron chi connectivity index (χ0n) is 10.7. The van der Waals surface area contributed by atoms with Crippen LogP contribution in [0.25, 0.3) is 11.6 Å². The molecule has 0 spiro atoms. The number of rotatable bonds is 4. The second-order valence-corrected chi connectivity index (χ2v) is 5.00. The summed E-state index contributed by atoms with van der Waals surface area (Å²) in [6.45, 7) is 0. The molecule has 1 unspecified atom stereocenters. The van der Waals surface area contributed by atoms with Crippen molar-refractivity contribution in [2.75, 3.05) is 0 Å². The molecule has 2 aromatic heterocycles. The summed E-state index contributed by atoms with van der Waals surface area (Å²) in [6, 6.07) is 1.85. The number of hydrogen-bond acceptors (Lipinski definition) is 6. The van der Waals surface area contributed by atoms with E-state index in [1.54, 1.807) is 18.5 Å². The van der Waals surface area contributed by atoms with Crippen LogP contribution >= 0.6 is 0 Å². The quantitative estimate of drug-likeness (QED) is 0.896. The van der Waals surface area contributed by atoms with Gasteiger partial charge in [0.1, 0.15) is 0 Å². The van der Waals surface area contributed by atoms with Gasteiger partial charge in [-0.05, 0) is 24.8 Å². The lowest BCUT2D eigenvalue weighted by atomic mass is 9.96. The van der Waals surface area contributed by atoms with Gasteiger partial charge in [-0.3, -0.25) is 0 Å². The Hall–Kier alpha value is -1.82. The maximum atomic E-state index is 6.20. The third-order valence-corrected chi connectivity index (χ3v) is 3.65. The number of hydrogen-bond donors (Lipinski definition) is 1. The van der Waals surface area contributed by atoms with Crippen molar-refractivity contribution in [3.05, 3.63) is 24.4 Å². The number of nitrogens with two attached hydrogens (primary N) is 1. The highest BCUT2D eigenvalue weighted by atomic mass is 16.5. The van der Waals surface area contributed by atoms with Gasteiger partial charge in [0.05, 0.1) is 0 Å². The van der Waals surface area contributed by atoms with Crippen LogP contribution in [-0.4, -0.2) is 26.2 Å². The Kier molecular flexibility index (Phi) is 3.50. The summed E-state index contributed by atoms with van der Waals surface area (Å²) in [7, 11) is 0. The molecule has 1 aliphatic rings. The van der Waals surface area contributed by atoms with Crippen LogP contribution in [0.2, 0.25) is 0 Å². The van der Waals surface area contributed by atoms with Gasteiger partial charge < -0.3 is 10.3 Å². The highest BCUT2D eigenvalue weighted by Crippen LogP contribution is 2.28. The van der Waals surface area contributed by atoms with Crippen LogP contribution in [0.15, 0.2) is 23.0 Å². The van der Waals surface area contributed by atoms with E-state index in [0.29, 0.717) is 29.9 Å². The van der Waals surface area contributed by atoms with Gasteiger partial charge >= 0.3 is 0 Å². The molecule has 3 rings (SSSR count). The second kappa shape index (κ2) is 5.44. The van der Waals surface area contributed by atoms with Crippen LogP contribution in [0.5, 0.6) is 0 Å². The summed E-state index contributed by atoms with van der Waals surface area (Å²) >= 11 is 0. The smallest absolute Gasteiger partial charge is 0.240 e. The van der Waals surface area contributed by atoms with Crippen LogP contribution in [0, 0.1) is 5.92 Å². The Bertz CT molecular complexity index is 521. The molecule has 1 saturated carbocycles. The van der Waals surface area contributed by atoms with Crippen LogP contribution in [0.4, 0.5) is 0 Å². The minimum absolute atomic E-state index is 0.104. The van der Waals surface area contributed by atoms with Crippen molar-refractivity contribution in [1.82, 2.24) is 20.1 Å². The molecule has 6 nitrogen and oxygen atoms in total. The van der Waals surface area contributed by atoms with Crippen LogP contribution in [0.1, 0.15) is 31.6 Å². The maximum absolute atomic E-state index is 6.20. The van der Waals surface area contributed by atoms with Crippen molar-refractivity contribution in [2.45, 2.75) is 38.1 Å². The first-order chi connectivity index (χ1) is 9.33. The average Bonchev–Trinajstić information content (AvgIpc) is 3.11. The largest absolute Gasteiger partial charge is 0.339 e. The van der Waals surface area contributed by atoms with Gasteiger partial charge in [0.15, 0.2) is 0 Å². The monoisotopic (exact) mass is 259 g/mol. The third kappa shape index (κ3) is 2.78. The molecule has 0 aliphatic heterocycles. The van der Waals surface area contributed by atoms with Gasteiger partial charge in [-0.1, -0.05) is 18.0 Å². The first kappa shape index (κ1) is 12.2. The highest BCUT2D eigenvalue weighted by molar-refractivity contribution is 5.40. The van der Waals surface area contributed by atoms with E-state index < -0.39 is 0 Å². The fraction of sp³-hybridized carbons (Fsp3) is 0.538. The summed E-state index contributed by atoms with van der Waals surface area (Å²) in [5, 5.41) is 3.90. The molecular weight excluding hydrogens is 242 g/mol. The van der Waals surface area contributed by atoms with Crippen LogP contribution in [-0.2, 0) is 6.42 Å². The first-order valence-electron chi connectivity index (χ1n) is 6.68. The van der Waals surface area contributed by atoms with Crippen LogP contribution in [0.3, 0.4) is 0 Å². The average molecular weight is 259 g/mol. The van der Waals surface area contributed by atoms with Crippen molar-refractivity contribution < 1.29 is 4.52 Å². The van der Waals surface area contributed by atoms with E-state index in [1.165, 1.54) is 25.7 Å². The Morgan fingerprint density at radius 2 is 1.95 bits per heavy atom. The predicted molar refractivity (Wildman–Crippen MR) is 69.0 cm³/mol. The Labute approximate surface area is 111 Å². The molecule has 6 heteroatoms. The molecule has 0 amide bonds. The molecular formula is C13H17N5O. The predicted octanol–water partition coefficient (Wildman–Crippen LogP) is 1.59. The van der Waals surface area contributed by atoms with Gasteiger partial charge in [-0.2, -0.15) is 4.98 Å². The highest BCUT2D eigenvalue weighted by Gasteiger charge is 2.24. The fourth-order valence-electron chi connectivity index (χ4n) is 2.60. The van der Waals surface area contributed by atoms with E-state index in [9.17, 15) is 0 Å². The van der Waals surface area contributed by atoms with E-state index in [0.717, 1.165) is 0 Å². The molecule has 100 valence electrons. The molecule has 2 heterocycles. The summed E-state index contributed by atoms with van der Waals surface area (Å²) in [6.07, 6.45) is 8.93. The zero-order valence-corrected chi connectivity index (χ0v) is 10.7. The summed E-state index contributed by atoms with van der Waals surface area (Å²) in [5.41, 5.74) is 6.20. The minimum Gasteiger partial charge on any atom is -0.339 e. The van der Waals surface area contributed by atoms with Gasteiger partial charge in [0, 0.05) is 24.9 Å². The molecule has 1 atom stereocenters. The molecule has 1 fully saturated rings. The molecule has 0 saturated heterocycles. The Morgan fingerprint density at radius 3 is 2.68 bits per heavy atom. The van der Waals surface area contributed by atoms with Gasteiger partial charge in [0.25, 0.3) is 0 Å². The fourth-order valence-corrected chi connectivity index (χ4v) is 2.60. The van der Waals surface area contributed by atoms with E-state index >= 15 is 0 Å². The Morgan fingerprint density at radius 1 is 1.21 bits per heavy atom. The van der Waals surface area contributed by atoms with Crippen LogP contribution < -0.4 is 5.73 Å². The third-order valence-electron chi connectivity index (χ3n) is 3.65. The minimum atomic E-state index is 0.104. The standard InChI is InChI=1S/C13H17N5O/c14-10(9-4-1-2-5-9)8-11-17-13(18-19-11)12-15-6-3-7-16-12/h3,6-7,9-10H,1-2,4-5,8,14H2. The summed E-state index contributed by atoms with van der Waals surface area (Å²) in [5.74, 6) is 2.06. The van der Waals surface area contributed by atoms with Gasteiger partial charge in [0.2, 0.25) is 17.5 Å². The topological polar surface area (TPSA) is 90.7 Å². The lowest BCUT2D eigenvalue weighted by Crippen LogP contribution is -2.30. The molecule has 2 aromatic rings. The van der Waals surface area contributed by atoms with E-state index in [4.69, 9.17) is 10.3 Å². The Balaban J connectivity index is 1.68. The molecule has 19 heavy (non-hydrogen) atoms. The summed E-state index contributed by atoms with van der Waals surface area (Å²) in [4.78, 5) is 12.5. The van der Waals surface area contributed by atoms with Gasteiger partial charge in [-0.15, -0.1) is 0 Å². The SMILES string of the molecule is NC(Cc1nc(-c2ncccn2)no1)C1CCCC1. The van der Waals surface area contributed by atoms with Crippen molar-refractivity contribution in [3.8, 4) is 11.6 Å². The first-order valence-corrected chi connectivity index (χ1v) is 6.68. The van der Waals surface area contributed by atoms with E-state index in [2.05, 4.69) is 20.1 Å². The van der Waals surface area contributed by atoms with Crippen molar-refractivity contribution in [2.24, 2.45) is 11.7 Å². The van der Waals surface area contributed by atoms with Gasteiger partial charge in [-0.25, -0.2) is 9.97 Å². The number of nitrogens with zero attached hydrogens (tertiary/aromatic N) is 4. The van der Waals surface area contributed by atoms with E-state index in [-0.39, 0.29) is 6.04 Å². The van der Waals surface area contributed by atoms with E-state index in [1.807, 2.05) is 0 Å². The maximum Gasteiger partial charge on any atom is 0.240 e. The van der Waals surface area contributed by atoms with Crippen molar-refractivity contribution >= 4 is 0 Å². The summed E-state index contributed by atoms with van der Waals surface area (Å²) < 4.78 is 5.23. The molecule has 2 N–H and O–H groups in total. The molecule has 0 radical (unpaired) electrons.